The Balaban J connectivity index is 2.55. The molecule has 15 heavy (non-hydrogen) atoms. The fraction of sp³-hybridized carbons (Fsp3) is 0.417. The summed E-state index contributed by atoms with van der Waals surface area (Å²) in [7, 11) is 0. The number of rotatable bonds is 2. The number of anilines is 1. The lowest BCUT2D eigenvalue weighted by Gasteiger charge is -2.21. The van der Waals surface area contributed by atoms with Gasteiger partial charge in [0, 0.05) is 0 Å². The highest BCUT2D eigenvalue weighted by Crippen LogP contribution is 2.43. The lowest BCUT2D eigenvalue weighted by Crippen LogP contribution is -2.30. The van der Waals surface area contributed by atoms with E-state index in [4.69, 9.17) is 11.6 Å². The highest BCUT2D eigenvalue weighted by Gasteiger charge is 2.42. The Bertz CT molecular complexity index is 416. The normalized spacial score (nSPS) is 23.8. The molecule has 0 bridgehead atoms. The van der Waals surface area contributed by atoms with Gasteiger partial charge in [-0.25, -0.2) is 0 Å². The van der Waals surface area contributed by atoms with E-state index in [2.05, 4.69) is 12.2 Å². The van der Waals surface area contributed by atoms with Gasteiger partial charge < -0.3 is 5.32 Å². The van der Waals surface area contributed by atoms with Crippen LogP contribution >= 0.6 is 11.6 Å². The first-order chi connectivity index (χ1) is 7.09. The van der Waals surface area contributed by atoms with E-state index in [0.29, 0.717) is 5.02 Å². The molecule has 1 amide bonds. The van der Waals surface area contributed by atoms with Crippen LogP contribution in [0.25, 0.3) is 0 Å². The summed E-state index contributed by atoms with van der Waals surface area (Å²) in [6.07, 6.45) is 1.84. The molecule has 1 heterocycles. The Hall–Kier alpha value is -1.02. The summed E-state index contributed by atoms with van der Waals surface area (Å²) in [4.78, 5) is 11.9. The molecule has 1 aromatic rings. The summed E-state index contributed by atoms with van der Waals surface area (Å²) in [5.74, 6) is 0.0625. The van der Waals surface area contributed by atoms with Crippen LogP contribution in [0.2, 0.25) is 5.02 Å². The molecular formula is C12H14ClNO. The van der Waals surface area contributed by atoms with E-state index < -0.39 is 5.41 Å². The van der Waals surface area contributed by atoms with Crippen LogP contribution in [-0.2, 0) is 10.2 Å². The molecule has 3 heteroatoms. The third kappa shape index (κ3) is 1.44. The largest absolute Gasteiger partial charge is 0.324 e. The van der Waals surface area contributed by atoms with Gasteiger partial charge in [0.05, 0.1) is 16.1 Å². The predicted molar refractivity (Wildman–Crippen MR) is 62.3 cm³/mol. The van der Waals surface area contributed by atoms with E-state index in [1.807, 2.05) is 19.1 Å². The number of carbonyl (C=O) groups is 1. The second-order valence-electron chi connectivity index (χ2n) is 4.20. The van der Waals surface area contributed by atoms with Crippen molar-refractivity contribution >= 4 is 23.2 Å². The first-order valence-corrected chi connectivity index (χ1v) is 5.58. The van der Waals surface area contributed by atoms with Crippen LogP contribution in [0.5, 0.6) is 0 Å². The second-order valence-corrected chi connectivity index (χ2v) is 4.61. The minimum atomic E-state index is -0.408. The first kappa shape index (κ1) is 10.5. The quantitative estimate of drug-likeness (QED) is 0.819. The van der Waals surface area contributed by atoms with E-state index in [0.717, 1.165) is 24.1 Å². The lowest BCUT2D eigenvalue weighted by molar-refractivity contribution is -0.120. The molecule has 0 aromatic heterocycles. The Morgan fingerprint density at radius 3 is 2.87 bits per heavy atom. The number of nitrogens with one attached hydrogen (secondary N) is 1. The maximum atomic E-state index is 11.9. The van der Waals surface area contributed by atoms with Crippen molar-refractivity contribution in [2.45, 2.75) is 32.1 Å². The van der Waals surface area contributed by atoms with Crippen LogP contribution in [0.15, 0.2) is 18.2 Å². The summed E-state index contributed by atoms with van der Waals surface area (Å²) in [6, 6.07) is 5.68. The highest BCUT2D eigenvalue weighted by atomic mass is 35.5. The van der Waals surface area contributed by atoms with Gasteiger partial charge in [-0.1, -0.05) is 37.1 Å². The number of hydrogen-bond acceptors (Lipinski definition) is 1. The van der Waals surface area contributed by atoms with Crippen molar-refractivity contribution in [3.63, 3.8) is 0 Å². The number of para-hydroxylation sites is 1. The smallest absolute Gasteiger partial charge is 0.234 e. The molecule has 2 rings (SSSR count). The van der Waals surface area contributed by atoms with Gasteiger partial charge in [-0.2, -0.15) is 0 Å². The molecule has 0 saturated heterocycles. The zero-order chi connectivity index (χ0) is 11.1. The van der Waals surface area contributed by atoms with Gasteiger partial charge in [-0.15, -0.1) is 0 Å². The predicted octanol–water partition coefficient (Wildman–Crippen LogP) is 3.35. The summed E-state index contributed by atoms with van der Waals surface area (Å²) in [6.45, 7) is 4.06. The van der Waals surface area contributed by atoms with Crippen molar-refractivity contribution in [2.24, 2.45) is 0 Å². The molecule has 1 aromatic carbocycles. The minimum Gasteiger partial charge on any atom is -0.324 e. The zero-order valence-electron chi connectivity index (χ0n) is 8.93. The fourth-order valence-corrected chi connectivity index (χ4v) is 2.45. The maximum absolute atomic E-state index is 11.9. The van der Waals surface area contributed by atoms with Crippen LogP contribution in [-0.4, -0.2) is 5.91 Å². The van der Waals surface area contributed by atoms with Crippen LogP contribution in [0, 0.1) is 0 Å². The number of benzene rings is 1. The van der Waals surface area contributed by atoms with E-state index >= 15 is 0 Å². The van der Waals surface area contributed by atoms with Crippen molar-refractivity contribution < 1.29 is 4.79 Å². The molecule has 1 aliphatic heterocycles. The lowest BCUT2D eigenvalue weighted by atomic mass is 9.80. The fourth-order valence-electron chi connectivity index (χ4n) is 2.23. The van der Waals surface area contributed by atoms with E-state index in [1.54, 1.807) is 6.07 Å². The molecule has 1 unspecified atom stereocenters. The molecule has 0 spiro atoms. The number of carbonyl (C=O) groups excluding carboxylic acids is 1. The van der Waals surface area contributed by atoms with Crippen LogP contribution in [0.1, 0.15) is 32.3 Å². The van der Waals surface area contributed by atoms with Crippen molar-refractivity contribution in [1.82, 2.24) is 0 Å². The standard InChI is InChI=1S/C12H14ClNO/c1-3-7-12(2)8-5-4-6-9(13)10(8)14-11(12)15/h4-6H,3,7H2,1-2H3,(H,14,15). The third-order valence-electron chi connectivity index (χ3n) is 3.10. The Kier molecular flexibility index (Phi) is 2.47. The van der Waals surface area contributed by atoms with Gasteiger partial charge in [0.25, 0.3) is 0 Å². The molecule has 0 aliphatic carbocycles. The van der Waals surface area contributed by atoms with Gasteiger partial charge in [-0.3, -0.25) is 4.79 Å². The Morgan fingerprint density at radius 1 is 1.47 bits per heavy atom. The summed E-state index contributed by atoms with van der Waals surface area (Å²) in [5, 5.41) is 3.50. The Morgan fingerprint density at radius 2 is 2.20 bits per heavy atom. The van der Waals surface area contributed by atoms with Crippen molar-refractivity contribution in [3.8, 4) is 0 Å². The van der Waals surface area contributed by atoms with Gasteiger partial charge in [-0.05, 0) is 25.0 Å². The molecule has 1 atom stereocenters. The minimum absolute atomic E-state index is 0.0625. The van der Waals surface area contributed by atoms with Crippen LogP contribution in [0.3, 0.4) is 0 Å². The molecule has 2 nitrogen and oxygen atoms in total. The third-order valence-corrected chi connectivity index (χ3v) is 3.41. The molecule has 0 radical (unpaired) electrons. The summed E-state index contributed by atoms with van der Waals surface area (Å²) < 4.78 is 0. The summed E-state index contributed by atoms with van der Waals surface area (Å²) in [5.41, 5.74) is 1.41. The molecule has 0 fully saturated rings. The monoisotopic (exact) mass is 223 g/mol. The number of amides is 1. The molecule has 80 valence electrons. The van der Waals surface area contributed by atoms with Gasteiger partial charge in [0.1, 0.15) is 0 Å². The zero-order valence-corrected chi connectivity index (χ0v) is 9.69. The highest BCUT2D eigenvalue weighted by molar-refractivity contribution is 6.34. The van der Waals surface area contributed by atoms with Crippen LogP contribution in [0.4, 0.5) is 5.69 Å². The topological polar surface area (TPSA) is 29.1 Å². The van der Waals surface area contributed by atoms with Crippen molar-refractivity contribution in [1.29, 1.82) is 0 Å². The first-order valence-electron chi connectivity index (χ1n) is 5.20. The molecule has 0 saturated carbocycles. The van der Waals surface area contributed by atoms with Crippen molar-refractivity contribution in [3.05, 3.63) is 28.8 Å². The van der Waals surface area contributed by atoms with Gasteiger partial charge >= 0.3 is 0 Å². The average molecular weight is 224 g/mol. The SMILES string of the molecule is CCCC1(C)C(=O)Nc2c(Cl)cccc21. The average Bonchev–Trinajstić information content (AvgIpc) is 2.44. The van der Waals surface area contributed by atoms with Crippen molar-refractivity contribution in [2.75, 3.05) is 5.32 Å². The van der Waals surface area contributed by atoms with E-state index in [1.165, 1.54) is 0 Å². The molecular weight excluding hydrogens is 210 g/mol. The van der Waals surface area contributed by atoms with Gasteiger partial charge in [0.2, 0.25) is 5.91 Å². The number of hydrogen-bond donors (Lipinski definition) is 1. The second kappa shape index (κ2) is 3.53. The van der Waals surface area contributed by atoms with E-state index in [9.17, 15) is 4.79 Å². The van der Waals surface area contributed by atoms with E-state index in [-0.39, 0.29) is 5.91 Å². The molecule has 1 aliphatic rings. The number of fused-ring (bicyclic) bond motifs is 1. The van der Waals surface area contributed by atoms with Gasteiger partial charge in [0.15, 0.2) is 0 Å². The molecule has 1 N–H and O–H groups in total. The maximum Gasteiger partial charge on any atom is 0.234 e. The number of halogens is 1. The summed E-state index contributed by atoms with van der Waals surface area (Å²) >= 11 is 6.05. The Labute approximate surface area is 94.6 Å². The van der Waals surface area contributed by atoms with Crippen LogP contribution < -0.4 is 5.32 Å².